The third kappa shape index (κ3) is 4.31. The maximum Gasteiger partial charge on any atom is 0.306 e. The number of carboxylic acid groups (broad SMARTS) is 1. The molecule has 6 nitrogen and oxygen atoms in total. The third-order valence-electron chi connectivity index (χ3n) is 6.85. The smallest absolute Gasteiger partial charge is 0.306 e. The lowest BCUT2D eigenvalue weighted by Gasteiger charge is -2.22. The first-order valence-electron chi connectivity index (χ1n) is 11.1. The van der Waals surface area contributed by atoms with E-state index < -0.39 is 5.97 Å². The zero-order chi connectivity index (χ0) is 22.9. The Hall–Kier alpha value is -3.02. The van der Waals surface area contributed by atoms with E-state index in [4.69, 9.17) is 14.2 Å². The zero-order valence-corrected chi connectivity index (χ0v) is 18.9. The van der Waals surface area contributed by atoms with Gasteiger partial charge in [-0.3, -0.25) is 9.59 Å². The van der Waals surface area contributed by atoms with Crippen LogP contribution in [0.15, 0.2) is 30.3 Å². The van der Waals surface area contributed by atoms with Crippen LogP contribution < -0.4 is 14.2 Å². The van der Waals surface area contributed by atoms with Crippen LogP contribution in [0.25, 0.3) is 11.1 Å². The van der Waals surface area contributed by atoms with Gasteiger partial charge in [0.15, 0.2) is 17.3 Å². The number of ether oxygens (including phenoxy) is 3. The van der Waals surface area contributed by atoms with Gasteiger partial charge in [-0.2, -0.15) is 0 Å². The number of rotatable bonds is 10. The van der Waals surface area contributed by atoms with E-state index in [1.165, 1.54) is 0 Å². The Balaban J connectivity index is 1.62. The largest absolute Gasteiger partial charge is 0.493 e. The highest BCUT2D eigenvalue weighted by Gasteiger charge is 2.44. The Kier molecular flexibility index (Phi) is 6.13. The topological polar surface area (TPSA) is 82.1 Å². The normalized spacial score (nSPS) is 16.9. The van der Waals surface area contributed by atoms with Gasteiger partial charge in [-0.15, -0.1) is 0 Å². The lowest BCUT2D eigenvalue weighted by Crippen LogP contribution is -2.17. The summed E-state index contributed by atoms with van der Waals surface area (Å²) >= 11 is 0. The molecule has 0 bridgehead atoms. The highest BCUT2D eigenvalue weighted by atomic mass is 16.5. The van der Waals surface area contributed by atoms with E-state index in [0.29, 0.717) is 36.7 Å². The standard InChI is InChI=1S/C26H30O6/c1-16(25(28)29)10-11-26(12-13-26)15-32-23-20(7-9-22(30-2)24(23)31-3)18-4-6-19-17(14-18)5-8-21(19)27/h4,6-7,9,14,16H,5,8,10-13,15H2,1-3H3,(H,28,29). The van der Waals surface area contributed by atoms with Crippen molar-refractivity contribution in [3.8, 4) is 28.4 Å². The van der Waals surface area contributed by atoms with Crippen molar-refractivity contribution < 1.29 is 28.9 Å². The van der Waals surface area contributed by atoms with Crippen molar-refractivity contribution in [3.63, 3.8) is 0 Å². The molecule has 1 saturated carbocycles. The number of aryl methyl sites for hydroxylation is 1. The second kappa shape index (κ2) is 8.85. The first-order valence-corrected chi connectivity index (χ1v) is 11.1. The summed E-state index contributed by atoms with van der Waals surface area (Å²) in [5.41, 5.74) is 3.74. The van der Waals surface area contributed by atoms with Crippen molar-refractivity contribution in [3.05, 3.63) is 41.5 Å². The predicted molar refractivity (Wildman–Crippen MR) is 121 cm³/mol. The lowest BCUT2D eigenvalue weighted by atomic mass is 9.95. The SMILES string of the molecule is COc1ccc(-c2ccc3c(c2)CCC3=O)c(OCC2(CCC(C)C(=O)O)CC2)c1OC. The molecule has 4 rings (SSSR count). The molecule has 0 saturated heterocycles. The number of Topliss-reactive ketones (excluding diaryl/α,β-unsaturated/α-hetero) is 1. The summed E-state index contributed by atoms with van der Waals surface area (Å²) in [6.45, 7) is 2.25. The molecular weight excluding hydrogens is 408 g/mol. The third-order valence-corrected chi connectivity index (χ3v) is 6.85. The average Bonchev–Trinajstić information content (AvgIpc) is 3.49. The minimum absolute atomic E-state index is 0.0133. The van der Waals surface area contributed by atoms with Crippen LogP contribution in [-0.2, 0) is 11.2 Å². The molecule has 0 amide bonds. The van der Waals surface area contributed by atoms with Gasteiger partial charge in [-0.1, -0.05) is 25.1 Å². The number of hydrogen-bond acceptors (Lipinski definition) is 5. The molecule has 0 spiro atoms. The van der Waals surface area contributed by atoms with Crippen LogP contribution in [0.2, 0.25) is 0 Å². The maximum atomic E-state index is 12.0. The van der Waals surface area contributed by atoms with E-state index in [1.807, 2.05) is 24.3 Å². The van der Waals surface area contributed by atoms with Crippen LogP contribution in [0.5, 0.6) is 17.2 Å². The van der Waals surface area contributed by atoms with Gasteiger partial charge in [0.1, 0.15) is 0 Å². The molecule has 32 heavy (non-hydrogen) atoms. The van der Waals surface area contributed by atoms with E-state index in [2.05, 4.69) is 6.07 Å². The molecule has 0 aromatic heterocycles. The molecule has 0 radical (unpaired) electrons. The van der Waals surface area contributed by atoms with Crippen molar-refractivity contribution in [1.82, 2.24) is 0 Å². The van der Waals surface area contributed by atoms with Crippen LogP contribution in [-0.4, -0.2) is 37.7 Å². The summed E-state index contributed by atoms with van der Waals surface area (Å²) in [6, 6.07) is 9.74. The summed E-state index contributed by atoms with van der Waals surface area (Å²) in [5, 5.41) is 9.20. The highest BCUT2D eigenvalue weighted by Crippen LogP contribution is 2.52. The van der Waals surface area contributed by atoms with Gasteiger partial charge in [-0.05, 0) is 55.4 Å². The molecular formula is C26H30O6. The summed E-state index contributed by atoms with van der Waals surface area (Å²) in [7, 11) is 3.19. The van der Waals surface area contributed by atoms with Gasteiger partial charge in [0.2, 0.25) is 5.75 Å². The van der Waals surface area contributed by atoms with E-state index in [0.717, 1.165) is 47.9 Å². The van der Waals surface area contributed by atoms with Crippen LogP contribution >= 0.6 is 0 Å². The second-order valence-corrected chi connectivity index (χ2v) is 9.04. The lowest BCUT2D eigenvalue weighted by molar-refractivity contribution is -0.141. The van der Waals surface area contributed by atoms with Crippen LogP contribution in [0.4, 0.5) is 0 Å². The molecule has 6 heteroatoms. The molecule has 2 aromatic carbocycles. The van der Waals surface area contributed by atoms with Crippen molar-refractivity contribution in [2.75, 3.05) is 20.8 Å². The van der Waals surface area contributed by atoms with E-state index in [1.54, 1.807) is 21.1 Å². The molecule has 1 unspecified atom stereocenters. The number of fused-ring (bicyclic) bond motifs is 1. The number of carbonyl (C=O) groups excluding carboxylic acids is 1. The Morgan fingerprint density at radius 1 is 1.06 bits per heavy atom. The number of hydrogen-bond donors (Lipinski definition) is 1. The molecule has 2 aliphatic carbocycles. The molecule has 1 fully saturated rings. The molecule has 1 N–H and O–H groups in total. The molecule has 1 atom stereocenters. The minimum Gasteiger partial charge on any atom is -0.493 e. The summed E-state index contributed by atoms with van der Waals surface area (Å²) < 4.78 is 17.6. The fourth-order valence-corrected chi connectivity index (χ4v) is 4.41. The quantitative estimate of drug-likeness (QED) is 0.552. The number of methoxy groups -OCH3 is 2. The average molecular weight is 439 g/mol. The first-order chi connectivity index (χ1) is 15.4. The first kappa shape index (κ1) is 22.2. The fraction of sp³-hybridized carbons (Fsp3) is 0.462. The van der Waals surface area contributed by atoms with Gasteiger partial charge >= 0.3 is 5.97 Å². The Morgan fingerprint density at radius 2 is 1.81 bits per heavy atom. The predicted octanol–water partition coefficient (Wildman–Crippen LogP) is 5.16. The van der Waals surface area contributed by atoms with Gasteiger partial charge in [0.25, 0.3) is 0 Å². The number of aliphatic carboxylic acids is 1. The van der Waals surface area contributed by atoms with E-state index >= 15 is 0 Å². The van der Waals surface area contributed by atoms with Gasteiger partial charge in [0.05, 0.1) is 26.7 Å². The van der Waals surface area contributed by atoms with Crippen molar-refractivity contribution in [2.45, 2.75) is 45.4 Å². The number of benzene rings is 2. The maximum absolute atomic E-state index is 12.0. The van der Waals surface area contributed by atoms with E-state index in [9.17, 15) is 14.7 Å². The van der Waals surface area contributed by atoms with Gasteiger partial charge in [0, 0.05) is 23.0 Å². The Bertz CT molecular complexity index is 1040. The van der Waals surface area contributed by atoms with Crippen molar-refractivity contribution in [1.29, 1.82) is 0 Å². The fourth-order valence-electron chi connectivity index (χ4n) is 4.41. The van der Waals surface area contributed by atoms with Crippen LogP contribution in [0.1, 0.15) is 54.9 Å². The van der Waals surface area contributed by atoms with Crippen LogP contribution in [0.3, 0.4) is 0 Å². The van der Waals surface area contributed by atoms with Crippen molar-refractivity contribution in [2.24, 2.45) is 11.3 Å². The van der Waals surface area contributed by atoms with Crippen LogP contribution in [0, 0.1) is 11.3 Å². The Morgan fingerprint density at radius 3 is 2.47 bits per heavy atom. The summed E-state index contributed by atoms with van der Waals surface area (Å²) in [5.74, 6) is 0.829. The zero-order valence-electron chi connectivity index (χ0n) is 18.9. The van der Waals surface area contributed by atoms with Gasteiger partial charge in [-0.25, -0.2) is 0 Å². The summed E-state index contributed by atoms with van der Waals surface area (Å²) in [4.78, 5) is 23.2. The number of carbonyl (C=O) groups is 2. The molecule has 170 valence electrons. The molecule has 0 heterocycles. The number of ketones is 1. The number of carboxylic acids is 1. The molecule has 2 aromatic rings. The second-order valence-electron chi connectivity index (χ2n) is 9.04. The Labute approximate surface area is 188 Å². The molecule has 2 aliphatic rings. The summed E-state index contributed by atoms with van der Waals surface area (Å²) in [6.07, 6.45) is 4.84. The van der Waals surface area contributed by atoms with E-state index in [-0.39, 0.29) is 17.1 Å². The molecule has 0 aliphatic heterocycles. The highest BCUT2D eigenvalue weighted by molar-refractivity contribution is 6.01. The minimum atomic E-state index is -0.756. The monoisotopic (exact) mass is 438 g/mol. The van der Waals surface area contributed by atoms with Crippen molar-refractivity contribution >= 4 is 11.8 Å². The van der Waals surface area contributed by atoms with Gasteiger partial charge < -0.3 is 19.3 Å².